The van der Waals surface area contributed by atoms with Gasteiger partial charge in [0.15, 0.2) is 0 Å². The van der Waals surface area contributed by atoms with Crippen molar-refractivity contribution in [3.63, 3.8) is 0 Å². The Balaban J connectivity index is 6.37. The maximum Gasteiger partial charge on any atom is 0.460 e. The molecule has 0 saturated heterocycles. The molecule has 0 aliphatic carbocycles. The smallest absolute Gasteiger partial charge is 0.214 e. The Morgan fingerprint density at radius 1 is 0.348 bits per heavy atom. The summed E-state index contributed by atoms with van der Waals surface area (Å²) in [5.41, 5.74) is 0. The van der Waals surface area contributed by atoms with E-state index in [0.29, 0.717) is 0 Å². The van der Waals surface area contributed by atoms with Crippen LogP contribution < -0.4 is 0 Å². The molecule has 0 radical (unpaired) electrons. The van der Waals surface area contributed by atoms with E-state index in [0.717, 1.165) is 0 Å². The molecule has 0 aliphatic rings. The summed E-state index contributed by atoms with van der Waals surface area (Å²) >= 11 is 0.288. The van der Waals surface area contributed by atoms with Crippen LogP contribution in [0.15, 0.2) is 0 Å². The van der Waals surface area contributed by atoms with E-state index in [1.54, 1.807) is 0 Å². The number of hydrogen-bond acceptors (Lipinski definition) is 0. The second kappa shape index (κ2) is 5.21. The Hall–Kier alpha value is -0.570. The molecule has 1 atom stereocenters. The van der Waals surface area contributed by atoms with Crippen LogP contribution >= 0.6 is 15.9 Å². The molecule has 0 N–H and O–H groups in total. The normalized spacial score (nSPS) is 18.8. The summed E-state index contributed by atoms with van der Waals surface area (Å²) in [5, 5.41) is 0. The van der Waals surface area contributed by atoms with Crippen LogP contribution in [0.5, 0.6) is 0 Å². The Morgan fingerprint density at radius 2 is 0.609 bits per heavy atom. The molecule has 23 heavy (non-hydrogen) atoms. The summed E-state index contributed by atoms with van der Waals surface area (Å²) in [6.45, 7) is 0. The van der Waals surface area contributed by atoms with Crippen LogP contribution in [0.1, 0.15) is 0 Å². The molecule has 0 aromatic carbocycles. The molecule has 0 saturated carbocycles. The number of halogens is 16. The van der Waals surface area contributed by atoms with E-state index in [-0.39, 0.29) is 15.9 Å². The summed E-state index contributed by atoms with van der Waals surface area (Å²) in [5.74, 6) is -31.9. The second-order valence-electron chi connectivity index (χ2n) is 3.87. The highest BCUT2D eigenvalue weighted by Gasteiger charge is 2.92. The lowest BCUT2D eigenvalue weighted by Gasteiger charge is -2.40. The minimum absolute atomic E-state index is 0.288. The summed E-state index contributed by atoms with van der Waals surface area (Å²) in [6, 6.07) is 0. The Labute approximate surface area is 123 Å². The van der Waals surface area contributed by atoms with Crippen molar-refractivity contribution in [2.24, 2.45) is 0 Å². The van der Waals surface area contributed by atoms with Crippen molar-refractivity contribution < 1.29 is 65.9 Å². The third-order valence-corrected chi connectivity index (χ3v) is 3.24. The van der Waals surface area contributed by atoms with Crippen molar-refractivity contribution in [3.8, 4) is 0 Å². The molecule has 0 amide bonds. The monoisotopic (exact) mass is 448 g/mol. The highest BCUT2D eigenvalue weighted by atomic mass is 79.9. The maximum absolute atomic E-state index is 12.8. The lowest BCUT2D eigenvalue weighted by Crippen LogP contribution is -2.71. The van der Waals surface area contributed by atoms with Gasteiger partial charge in [-0.1, -0.05) is 0 Å². The van der Waals surface area contributed by atoms with Crippen LogP contribution in [0.25, 0.3) is 0 Å². The van der Waals surface area contributed by atoms with E-state index in [2.05, 4.69) is 0 Å². The fourth-order valence-corrected chi connectivity index (χ4v) is 1.20. The first-order valence-electron chi connectivity index (χ1n) is 4.52. The van der Waals surface area contributed by atoms with Gasteiger partial charge in [0.25, 0.3) is 0 Å². The van der Waals surface area contributed by atoms with Gasteiger partial charge in [-0.2, -0.15) is 61.5 Å². The van der Waals surface area contributed by atoms with Crippen molar-refractivity contribution in [3.05, 3.63) is 0 Å². The highest BCUT2D eigenvalue weighted by molar-refractivity contribution is 9.10. The topological polar surface area (TPSA) is 0 Å². The van der Waals surface area contributed by atoms with Crippen LogP contribution in [0.4, 0.5) is 65.9 Å². The fraction of sp³-hybridized carbons (Fsp3) is 1.00. The van der Waals surface area contributed by atoms with Crippen LogP contribution in [-0.4, -0.2) is 40.6 Å². The molecule has 140 valence electrons. The average molecular weight is 449 g/mol. The van der Waals surface area contributed by atoms with Crippen molar-refractivity contribution >= 4 is 15.9 Å². The second-order valence-corrected chi connectivity index (χ2v) is 4.96. The molecule has 0 nitrogen and oxygen atoms in total. The van der Waals surface area contributed by atoms with Gasteiger partial charge in [-0.3, -0.25) is 0 Å². The average Bonchev–Trinajstić information content (AvgIpc) is 2.24. The summed E-state index contributed by atoms with van der Waals surface area (Å²) in [7, 11) is 0. The third kappa shape index (κ3) is 2.83. The van der Waals surface area contributed by atoms with E-state index >= 15 is 0 Å². The third-order valence-electron chi connectivity index (χ3n) is 2.29. The number of alkyl halides is 16. The Kier molecular flexibility index (Phi) is 5.08. The van der Waals surface area contributed by atoms with Crippen LogP contribution in [0, 0.1) is 0 Å². The van der Waals surface area contributed by atoms with Crippen molar-refractivity contribution in [2.75, 3.05) is 0 Å². The minimum atomic E-state index is -8.13. The first kappa shape index (κ1) is 22.4. The predicted octanol–water partition coefficient (Wildman–Crippen LogP) is 5.71. The van der Waals surface area contributed by atoms with Gasteiger partial charge in [0.05, 0.1) is 0 Å². The van der Waals surface area contributed by atoms with Gasteiger partial charge < -0.3 is 0 Å². The predicted molar refractivity (Wildman–Crippen MR) is 44.7 cm³/mol. The molecule has 0 aliphatic heterocycles. The summed E-state index contributed by atoms with van der Waals surface area (Å²) in [4.78, 5) is 0. The molecule has 0 spiro atoms. The van der Waals surface area contributed by atoms with Gasteiger partial charge in [-0.05, 0) is 15.9 Å². The van der Waals surface area contributed by atoms with E-state index < -0.39 is 40.6 Å². The van der Waals surface area contributed by atoms with Gasteiger partial charge >= 0.3 is 40.6 Å². The Bertz CT molecular complexity index is 400. The van der Waals surface area contributed by atoms with Crippen molar-refractivity contribution in [2.45, 2.75) is 40.6 Å². The highest BCUT2D eigenvalue weighted by Crippen LogP contribution is 2.63. The van der Waals surface area contributed by atoms with Crippen molar-refractivity contribution in [1.82, 2.24) is 0 Å². The zero-order valence-corrected chi connectivity index (χ0v) is 11.1. The van der Waals surface area contributed by atoms with E-state index in [4.69, 9.17) is 0 Å². The van der Waals surface area contributed by atoms with Gasteiger partial charge in [0, 0.05) is 0 Å². The molecular weight excluding hydrogens is 449 g/mol. The fourth-order valence-electron chi connectivity index (χ4n) is 0.948. The van der Waals surface area contributed by atoms with Crippen molar-refractivity contribution in [1.29, 1.82) is 0 Å². The first-order chi connectivity index (χ1) is 9.50. The molecule has 1 unspecified atom stereocenters. The largest absolute Gasteiger partial charge is 0.460 e. The molecule has 0 fully saturated rings. The van der Waals surface area contributed by atoms with E-state index in [1.807, 2.05) is 0 Å². The molecule has 16 heteroatoms. The van der Waals surface area contributed by atoms with Gasteiger partial charge in [0.2, 0.25) is 0 Å². The molecule has 0 bridgehead atoms. The van der Waals surface area contributed by atoms with Crippen LogP contribution in [0.3, 0.4) is 0 Å². The van der Waals surface area contributed by atoms with Gasteiger partial charge in [0.1, 0.15) is 0 Å². The lowest BCUT2D eigenvalue weighted by atomic mass is 9.95. The summed E-state index contributed by atoms with van der Waals surface area (Å²) < 4.78 is 178. The van der Waals surface area contributed by atoms with Crippen LogP contribution in [0.2, 0.25) is 0 Å². The lowest BCUT2D eigenvalue weighted by molar-refractivity contribution is -0.436. The minimum Gasteiger partial charge on any atom is -0.214 e. The summed E-state index contributed by atoms with van der Waals surface area (Å²) in [6.07, 6.45) is -14.6. The molecule has 0 rings (SSSR count). The zero-order chi connectivity index (χ0) is 19.5. The van der Waals surface area contributed by atoms with Crippen LogP contribution in [-0.2, 0) is 0 Å². The van der Waals surface area contributed by atoms with Gasteiger partial charge in [-0.15, -0.1) is 0 Å². The maximum atomic E-state index is 12.8. The standard InChI is InChI=1S/C7BrF15/c8-1(9,6(18,19)20)2(10,11)3(12,13)4(14,15)5(16,17)7(21,22)23. The first-order valence-corrected chi connectivity index (χ1v) is 5.32. The van der Waals surface area contributed by atoms with E-state index in [1.165, 1.54) is 0 Å². The zero-order valence-electron chi connectivity index (χ0n) is 9.55. The Morgan fingerprint density at radius 3 is 0.826 bits per heavy atom. The molecule has 0 aromatic rings. The van der Waals surface area contributed by atoms with Gasteiger partial charge in [-0.25, -0.2) is 4.39 Å². The van der Waals surface area contributed by atoms with E-state index in [9.17, 15) is 65.9 Å². The molecule has 0 aromatic heterocycles. The SMILES string of the molecule is FC(F)(F)C(F)(F)C(F)(F)C(F)(F)C(F)(F)C(F)(Br)C(F)(F)F. The molecular formula is C7BrF15. The number of rotatable bonds is 4. The quantitative estimate of drug-likeness (QED) is 0.381. The molecule has 0 heterocycles. The number of hydrogen-bond donors (Lipinski definition) is 0.